The predicted molar refractivity (Wildman–Crippen MR) is 112 cm³/mol. The number of fused-ring (bicyclic) bond motifs is 1. The lowest BCUT2D eigenvalue weighted by Gasteiger charge is -2.11. The topological polar surface area (TPSA) is 48.7 Å². The number of hydrogen-bond donors (Lipinski definition) is 0. The number of benzene rings is 3. The van der Waals surface area contributed by atoms with E-state index in [9.17, 15) is 9.18 Å². The van der Waals surface area contributed by atoms with Crippen LogP contribution in [0.15, 0.2) is 80.4 Å². The van der Waals surface area contributed by atoms with Crippen LogP contribution in [0, 0.1) is 12.7 Å². The molecule has 0 saturated heterocycles. The largest absolute Gasteiger partial charge is 0.489 e. The molecule has 0 unspecified atom stereocenters. The highest BCUT2D eigenvalue weighted by Gasteiger charge is 2.15. The van der Waals surface area contributed by atoms with Gasteiger partial charge in [0.2, 0.25) is 11.2 Å². The standard InChI is InChI=1S/C23H16BrFO4/c1-14-23(29-20-8-3-2-7-19(20)24)22(26)18-10-9-17(12-21(18)28-14)27-13-15-5-4-6-16(25)11-15/h2-12H,13H2,1H3. The fraction of sp³-hybridized carbons (Fsp3) is 0.0870. The number of ether oxygens (including phenoxy) is 2. The van der Waals surface area contributed by atoms with Crippen LogP contribution in [0.3, 0.4) is 0 Å². The molecule has 0 atom stereocenters. The smallest absolute Gasteiger partial charge is 0.235 e. The van der Waals surface area contributed by atoms with Crippen molar-refractivity contribution in [3.05, 3.63) is 98.6 Å². The normalized spacial score (nSPS) is 10.9. The van der Waals surface area contributed by atoms with Gasteiger partial charge in [-0.05, 0) is 64.8 Å². The summed E-state index contributed by atoms with van der Waals surface area (Å²) in [6, 6.07) is 18.4. The molecule has 0 fully saturated rings. The van der Waals surface area contributed by atoms with Crippen molar-refractivity contribution >= 4 is 26.9 Å². The Balaban J connectivity index is 1.63. The third-order valence-electron chi connectivity index (χ3n) is 4.33. The van der Waals surface area contributed by atoms with Gasteiger partial charge in [-0.15, -0.1) is 0 Å². The fourth-order valence-electron chi connectivity index (χ4n) is 2.91. The van der Waals surface area contributed by atoms with Crippen molar-refractivity contribution in [2.75, 3.05) is 0 Å². The summed E-state index contributed by atoms with van der Waals surface area (Å²) in [7, 11) is 0. The zero-order chi connectivity index (χ0) is 20.4. The monoisotopic (exact) mass is 454 g/mol. The third kappa shape index (κ3) is 4.17. The maximum absolute atomic E-state index is 13.3. The molecule has 146 valence electrons. The van der Waals surface area contributed by atoms with Crippen molar-refractivity contribution < 1.29 is 18.3 Å². The van der Waals surface area contributed by atoms with Crippen LogP contribution in [0.4, 0.5) is 4.39 Å². The molecular weight excluding hydrogens is 439 g/mol. The number of rotatable bonds is 5. The highest BCUT2D eigenvalue weighted by Crippen LogP contribution is 2.31. The minimum absolute atomic E-state index is 0.137. The second kappa shape index (κ2) is 8.09. The molecule has 0 spiro atoms. The Morgan fingerprint density at radius 2 is 1.86 bits per heavy atom. The van der Waals surface area contributed by atoms with E-state index in [0.29, 0.717) is 33.8 Å². The summed E-state index contributed by atoms with van der Waals surface area (Å²) in [6.07, 6.45) is 0. The molecule has 4 aromatic rings. The summed E-state index contributed by atoms with van der Waals surface area (Å²) in [5.41, 5.74) is 0.833. The Labute approximate surface area is 174 Å². The van der Waals surface area contributed by atoms with Crippen LogP contribution in [0.5, 0.6) is 17.2 Å². The molecule has 0 aliphatic heterocycles. The summed E-state index contributed by atoms with van der Waals surface area (Å²) in [6.45, 7) is 1.88. The van der Waals surface area contributed by atoms with Crippen molar-refractivity contribution in [1.29, 1.82) is 0 Å². The predicted octanol–water partition coefficient (Wildman–Crippen LogP) is 6.37. The van der Waals surface area contributed by atoms with Gasteiger partial charge in [0.1, 0.15) is 35.3 Å². The van der Waals surface area contributed by atoms with Gasteiger partial charge in [-0.1, -0.05) is 24.3 Å². The first-order valence-electron chi connectivity index (χ1n) is 8.88. The minimum Gasteiger partial charge on any atom is -0.489 e. The van der Waals surface area contributed by atoms with Crippen molar-refractivity contribution in [3.8, 4) is 17.2 Å². The lowest BCUT2D eigenvalue weighted by Crippen LogP contribution is -2.07. The van der Waals surface area contributed by atoms with E-state index in [1.165, 1.54) is 12.1 Å². The molecule has 0 N–H and O–H groups in total. The SMILES string of the molecule is Cc1oc2cc(OCc3cccc(F)c3)ccc2c(=O)c1Oc1ccccc1Br. The molecule has 1 heterocycles. The van der Waals surface area contributed by atoms with E-state index in [-0.39, 0.29) is 23.6 Å². The molecule has 6 heteroatoms. The molecule has 3 aromatic carbocycles. The van der Waals surface area contributed by atoms with Crippen LogP contribution in [0.1, 0.15) is 11.3 Å². The molecule has 0 aliphatic rings. The molecule has 1 aromatic heterocycles. The highest BCUT2D eigenvalue weighted by atomic mass is 79.9. The van der Waals surface area contributed by atoms with E-state index in [0.717, 1.165) is 4.47 Å². The fourth-order valence-corrected chi connectivity index (χ4v) is 3.27. The van der Waals surface area contributed by atoms with Gasteiger partial charge in [0.25, 0.3) is 0 Å². The van der Waals surface area contributed by atoms with E-state index in [2.05, 4.69) is 15.9 Å². The second-order valence-electron chi connectivity index (χ2n) is 6.43. The Morgan fingerprint density at radius 3 is 2.66 bits per heavy atom. The van der Waals surface area contributed by atoms with Gasteiger partial charge in [-0.2, -0.15) is 0 Å². The lowest BCUT2D eigenvalue weighted by molar-refractivity contribution is 0.305. The Bertz CT molecular complexity index is 1250. The zero-order valence-electron chi connectivity index (χ0n) is 15.4. The zero-order valence-corrected chi connectivity index (χ0v) is 17.0. The Kier molecular flexibility index (Phi) is 5.36. The van der Waals surface area contributed by atoms with E-state index in [1.54, 1.807) is 43.3 Å². The summed E-state index contributed by atoms with van der Waals surface area (Å²) >= 11 is 3.41. The van der Waals surface area contributed by atoms with Gasteiger partial charge in [-0.3, -0.25) is 4.79 Å². The van der Waals surface area contributed by atoms with Crippen molar-refractivity contribution in [2.45, 2.75) is 13.5 Å². The average Bonchev–Trinajstić information content (AvgIpc) is 2.71. The van der Waals surface area contributed by atoms with Crippen LogP contribution in [0.25, 0.3) is 11.0 Å². The molecule has 0 amide bonds. The molecule has 29 heavy (non-hydrogen) atoms. The molecule has 4 nitrogen and oxygen atoms in total. The van der Waals surface area contributed by atoms with E-state index < -0.39 is 0 Å². The maximum Gasteiger partial charge on any atom is 0.235 e. The van der Waals surface area contributed by atoms with E-state index in [1.807, 2.05) is 18.2 Å². The number of hydrogen-bond acceptors (Lipinski definition) is 4. The molecule has 0 radical (unpaired) electrons. The average molecular weight is 455 g/mol. The van der Waals surface area contributed by atoms with Gasteiger partial charge in [-0.25, -0.2) is 4.39 Å². The first kappa shape index (κ1) is 19.2. The van der Waals surface area contributed by atoms with E-state index >= 15 is 0 Å². The van der Waals surface area contributed by atoms with Gasteiger partial charge in [0, 0.05) is 6.07 Å². The Hall–Kier alpha value is -3.12. The van der Waals surface area contributed by atoms with Crippen LogP contribution < -0.4 is 14.9 Å². The molecule has 0 aliphatic carbocycles. The highest BCUT2D eigenvalue weighted by molar-refractivity contribution is 9.10. The maximum atomic E-state index is 13.3. The Morgan fingerprint density at radius 1 is 1.03 bits per heavy atom. The van der Waals surface area contributed by atoms with Crippen molar-refractivity contribution in [2.24, 2.45) is 0 Å². The molecule has 0 bridgehead atoms. The number of halogens is 2. The van der Waals surface area contributed by atoms with Crippen molar-refractivity contribution in [1.82, 2.24) is 0 Å². The summed E-state index contributed by atoms with van der Waals surface area (Å²) in [4.78, 5) is 12.9. The first-order valence-corrected chi connectivity index (χ1v) is 9.67. The van der Waals surface area contributed by atoms with Gasteiger partial charge < -0.3 is 13.9 Å². The second-order valence-corrected chi connectivity index (χ2v) is 7.28. The summed E-state index contributed by atoms with van der Waals surface area (Å²) < 4.78 is 31.4. The third-order valence-corrected chi connectivity index (χ3v) is 4.99. The van der Waals surface area contributed by atoms with Gasteiger partial charge >= 0.3 is 0 Å². The first-order chi connectivity index (χ1) is 14.0. The van der Waals surface area contributed by atoms with Gasteiger partial charge in [0.15, 0.2) is 0 Å². The van der Waals surface area contributed by atoms with Gasteiger partial charge in [0.05, 0.1) is 9.86 Å². The van der Waals surface area contributed by atoms with Crippen LogP contribution in [0.2, 0.25) is 0 Å². The summed E-state index contributed by atoms with van der Waals surface area (Å²) in [5, 5.41) is 0.385. The van der Waals surface area contributed by atoms with Crippen LogP contribution in [-0.4, -0.2) is 0 Å². The molecular formula is C23H16BrFO4. The summed E-state index contributed by atoms with van der Waals surface area (Å²) in [5.74, 6) is 1.23. The quantitative estimate of drug-likeness (QED) is 0.351. The number of aryl methyl sites for hydroxylation is 1. The lowest BCUT2D eigenvalue weighted by atomic mass is 10.2. The van der Waals surface area contributed by atoms with Crippen LogP contribution in [-0.2, 0) is 6.61 Å². The molecule has 0 saturated carbocycles. The van der Waals surface area contributed by atoms with Crippen LogP contribution >= 0.6 is 15.9 Å². The molecule has 4 rings (SSSR count). The van der Waals surface area contributed by atoms with E-state index in [4.69, 9.17) is 13.9 Å². The minimum atomic E-state index is -0.316. The van der Waals surface area contributed by atoms with Crippen molar-refractivity contribution in [3.63, 3.8) is 0 Å². The number of para-hydroxylation sites is 1.